The van der Waals surface area contributed by atoms with E-state index in [0.717, 1.165) is 58.0 Å². The molecule has 3 amide bonds. The van der Waals surface area contributed by atoms with Gasteiger partial charge in [-0.2, -0.15) is 0 Å². The van der Waals surface area contributed by atoms with Crippen molar-refractivity contribution < 1.29 is 24.2 Å². The molecule has 0 bridgehead atoms. The molecular weight excluding hydrogens is 408 g/mol. The number of carbonyl (C=O) groups excluding carboxylic acids is 2. The Kier molecular flexibility index (Phi) is 12.3. The molecule has 1 atom stereocenters. The van der Waals surface area contributed by atoms with E-state index in [1.165, 1.54) is 4.90 Å². The van der Waals surface area contributed by atoms with Gasteiger partial charge in [-0.3, -0.25) is 14.5 Å². The van der Waals surface area contributed by atoms with Crippen LogP contribution in [0.1, 0.15) is 98.8 Å². The molecule has 1 aliphatic heterocycles. The van der Waals surface area contributed by atoms with Gasteiger partial charge in [0.25, 0.3) is 0 Å². The molecule has 1 unspecified atom stereocenters. The van der Waals surface area contributed by atoms with Crippen LogP contribution < -0.4 is 0 Å². The first-order valence-corrected chi connectivity index (χ1v) is 12.6. The summed E-state index contributed by atoms with van der Waals surface area (Å²) in [6.45, 7) is 12.8. The minimum atomic E-state index is -0.711. The highest BCUT2D eigenvalue weighted by Gasteiger charge is 2.36. The lowest BCUT2D eigenvalue weighted by molar-refractivity contribution is -0.148. The van der Waals surface area contributed by atoms with Gasteiger partial charge in [0.2, 0.25) is 5.91 Å². The van der Waals surface area contributed by atoms with Crippen LogP contribution in [0.25, 0.3) is 0 Å². The van der Waals surface area contributed by atoms with E-state index < -0.39 is 11.4 Å². The quantitative estimate of drug-likeness (QED) is 0.224. The maximum atomic E-state index is 12.3. The van der Waals surface area contributed by atoms with E-state index in [-0.39, 0.29) is 23.9 Å². The number of carbonyl (C=O) groups is 3. The van der Waals surface area contributed by atoms with E-state index in [4.69, 9.17) is 4.74 Å². The van der Waals surface area contributed by atoms with Gasteiger partial charge in [-0.05, 0) is 57.8 Å². The molecular formula is C25H46N2O5. The molecule has 0 saturated carbocycles. The highest BCUT2D eigenvalue weighted by atomic mass is 16.5. The number of imide groups is 1. The molecule has 0 aromatic rings. The van der Waals surface area contributed by atoms with Crippen molar-refractivity contribution in [1.29, 1.82) is 0 Å². The predicted octanol–water partition coefficient (Wildman–Crippen LogP) is 5.33. The zero-order valence-corrected chi connectivity index (χ0v) is 21.1. The van der Waals surface area contributed by atoms with Crippen LogP contribution in [0.2, 0.25) is 0 Å². The smallest absolute Gasteiger partial charge is 0.327 e. The Morgan fingerprint density at radius 3 is 2.00 bits per heavy atom. The Balaban J connectivity index is 2.28. The van der Waals surface area contributed by atoms with Crippen LogP contribution in [0.5, 0.6) is 0 Å². The molecule has 1 fully saturated rings. The van der Waals surface area contributed by atoms with Crippen LogP contribution in [-0.4, -0.2) is 65.7 Å². The molecule has 1 heterocycles. The summed E-state index contributed by atoms with van der Waals surface area (Å²) < 4.78 is 5.77. The first-order chi connectivity index (χ1) is 15.2. The third kappa shape index (κ3) is 8.05. The van der Waals surface area contributed by atoms with Crippen LogP contribution in [0.4, 0.5) is 4.79 Å². The summed E-state index contributed by atoms with van der Waals surface area (Å²) in [5, 5.41) is 9.32. The van der Waals surface area contributed by atoms with Gasteiger partial charge in [-0.25, -0.2) is 4.79 Å². The van der Waals surface area contributed by atoms with Crippen molar-refractivity contribution in [3.8, 4) is 0 Å². The molecule has 1 aliphatic rings. The Hall–Kier alpha value is -1.63. The zero-order valence-electron chi connectivity index (χ0n) is 21.1. The average Bonchev–Trinajstić information content (AvgIpc) is 3.07. The number of carboxylic acid groups (broad SMARTS) is 1. The second-order valence-electron chi connectivity index (χ2n) is 9.55. The number of urea groups is 1. The van der Waals surface area contributed by atoms with Crippen molar-refractivity contribution in [2.75, 3.05) is 32.8 Å². The number of ether oxygens (including phenoxy) is 1. The maximum Gasteiger partial charge on any atom is 0.327 e. The fourth-order valence-corrected chi connectivity index (χ4v) is 4.45. The molecule has 7 nitrogen and oxygen atoms in total. The zero-order chi connectivity index (χ0) is 24.2. The summed E-state index contributed by atoms with van der Waals surface area (Å²) in [5.41, 5.74) is -0.468. The Morgan fingerprint density at radius 2 is 1.53 bits per heavy atom. The van der Waals surface area contributed by atoms with Gasteiger partial charge in [0.15, 0.2) is 0 Å². The minimum absolute atomic E-state index is 0.0750. The van der Waals surface area contributed by atoms with E-state index in [1.54, 1.807) is 4.90 Å². The van der Waals surface area contributed by atoms with E-state index in [0.29, 0.717) is 32.5 Å². The number of aliphatic carboxylic acids is 1. The van der Waals surface area contributed by atoms with Gasteiger partial charge >= 0.3 is 12.0 Å². The summed E-state index contributed by atoms with van der Waals surface area (Å²) in [7, 11) is 0. The number of amides is 3. The van der Waals surface area contributed by atoms with Crippen molar-refractivity contribution in [2.24, 2.45) is 10.8 Å². The number of unbranched alkanes of at least 4 members (excludes halogenated alkanes) is 2. The van der Waals surface area contributed by atoms with E-state index >= 15 is 0 Å². The molecule has 0 aromatic carbocycles. The first-order valence-electron chi connectivity index (χ1n) is 12.6. The maximum absolute atomic E-state index is 12.3. The SMILES string of the molecule is CCN1CC(=O)N(CCC(CC)(CC)CCCCOCCCCC(C)(CC)C(=O)O)C1=O. The molecule has 0 aromatic heterocycles. The van der Waals surface area contributed by atoms with Crippen molar-refractivity contribution >= 4 is 17.9 Å². The number of hydrogen-bond acceptors (Lipinski definition) is 4. The molecule has 0 radical (unpaired) electrons. The second kappa shape index (κ2) is 13.8. The summed E-state index contributed by atoms with van der Waals surface area (Å²) in [5.74, 6) is -0.786. The van der Waals surface area contributed by atoms with E-state index in [1.807, 2.05) is 20.8 Å². The van der Waals surface area contributed by atoms with Gasteiger partial charge in [0, 0.05) is 26.3 Å². The number of hydrogen-bond donors (Lipinski definition) is 1. The van der Waals surface area contributed by atoms with E-state index in [9.17, 15) is 19.5 Å². The summed E-state index contributed by atoms with van der Waals surface area (Å²) >= 11 is 0. The molecule has 1 N–H and O–H groups in total. The standard InChI is InChI=1S/C25H46N2O5/c1-6-24(5,22(29)30)14-10-12-18-32-19-13-11-15-25(7-2,8-3)16-17-27-21(28)20-26(9-4)23(27)31/h6-20H2,1-5H3,(H,29,30). The van der Waals surface area contributed by atoms with Gasteiger partial charge in [-0.15, -0.1) is 0 Å². The largest absolute Gasteiger partial charge is 0.481 e. The first kappa shape index (κ1) is 28.4. The average molecular weight is 455 g/mol. The van der Waals surface area contributed by atoms with Gasteiger partial charge < -0.3 is 14.7 Å². The number of nitrogens with zero attached hydrogens (tertiary/aromatic N) is 2. The normalized spacial score (nSPS) is 16.7. The number of likely N-dealkylation sites (N-methyl/N-ethyl adjacent to an activating group) is 1. The topological polar surface area (TPSA) is 87.2 Å². The molecule has 1 rings (SSSR count). The van der Waals surface area contributed by atoms with Gasteiger partial charge in [0.1, 0.15) is 6.54 Å². The summed E-state index contributed by atoms with van der Waals surface area (Å²) in [6, 6.07) is -0.144. The molecule has 1 saturated heterocycles. The van der Waals surface area contributed by atoms with Crippen molar-refractivity contribution in [2.45, 2.75) is 98.8 Å². The van der Waals surface area contributed by atoms with Gasteiger partial charge in [0.05, 0.1) is 5.41 Å². The van der Waals surface area contributed by atoms with Crippen LogP contribution in [0.3, 0.4) is 0 Å². The lowest BCUT2D eigenvalue weighted by Gasteiger charge is -2.33. The third-order valence-corrected chi connectivity index (χ3v) is 7.69. The number of carboxylic acids is 1. The van der Waals surface area contributed by atoms with E-state index in [2.05, 4.69) is 13.8 Å². The predicted molar refractivity (Wildman–Crippen MR) is 127 cm³/mol. The van der Waals surface area contributed by atoms with Crippen LogP contribution in [0.15, 0.2) is 0 Å². The fraction of sp³-hybridized carbons (Fsp3) is 0.880. The molecule has 0 aliphatic carbocycles. The highest BCUT2D eigenvalue weighted by Crippen LogP contribution is 2.37. The molecule has 32 heavy (non-hydrogen) atoms. The van der Waals surface area contributed by atoms with Crippen LogP contribution in [-0.2, 0) is 14.3 Å². The van der Waals surface area contributed by atoms with Crippen LogP contribution >= 0.6 is 0 Å². The second-order valence-corrected chi connectivity index (χ2v) is 9.55. The summed E-state index contributed by atoms with van der Waals surface area (Å²) in [4.78, 5) is 38.9. The monoisotopic (exact) mass is 454 g/mol. The third-order valence-electron chi connectivity index (χ3n) is 7.69. The van der Waals surface area contributed by atoms with Gasteiger partial charge in [-0.1, -0.05) is 46.5 Å². The fourth-order valence-electron chi connectivity index (χ4n) is 4.45. The Morgan fingerprint density at radius 1 is 0.938 bits per heavy atom. The Bertz CT molecular complexity index is 605. The highest BCUT2D eigenvalue weighted by molar-refractivity contribution is 6.01. The lowest BCUT2D eigenvalue weighted by Crippen LogP contribution is -2.36. The molecule has 7 heteroatoms. The number of rotatable bonds is 18. The van der Waals surface area contributed by atoms with Crippen molar-refractivity contribution in [3.63, 3.8) is 0 Å². The molecule has 186 valence electrons. The van der Waals surface area contributed by atoms with Crippen molar-refractivity contribution in [1.82, 2.24) is 9.80 Å². The minimum Gasteiger partial charge on any atom is -0.481 e. The molecule has 0 spiro atoms. The summed E-state index contributed by atoms with van der Waals surface area (Å²) in [6.07, 6.45) is 9.17. The van der Waals surface area contributed by atoms with Crippen LogP contribution in [0, 0.1) is 10.8 Å². The Labute approximate surface area is 194 Å². The van der Waals surface area contributed by atoms with Crippen molar-refractivity contribution in [3.05, 3.63) is 0 Å². The lowest BCUT2D eigenvalue weighted by atomic mass is 9.75.